The predicted octanol–water partition coefficient (Wildman–Crippen LogP) is 7.50. The molecule has 0 radical (unpaired) electrons. The summed E-state index contributed by atoms with van der Waals surface area (Å²) < 4.78 is 96.0. The summed E-state index contributed by atoms with van der Waals surface area (Å²) in [6.45, 7) is 2.16. The zero-order valence-electron chi connectivity index (χ0n) is 32.1. The largest absolute Gasteiger partial charge is 0.384 e. The first-order valence-corrected chi connectivity index (χ1v) is 19.0. The Labute approximate surface area is 339 Å². The number of carbonyl (C=O) groups is 2. The number of alkyl halides is 4. The predicted molar refractivity (Wildman–Crippen MR) is 205 cm³/mol. The average molecular weight is 842 g/mol. The van der Waals surface area contributed by atoms with Crippen LogP contribution in [0.25, 0.3) is 22.0 Å². The molecule has 59 heavy (non-hydrogen) atoms. The molecular weight excluding hydrogens is 804 g/mol. The lowest BCUT2D eigenvalue weighted by Crippen LogP contribution is -2.36. The maximum absolute atomic E-state index is 15.7. The Bertz CT molecular complexity index is 2520. The Morgan fingerprint density at radius 1 is 1.05 bits per heavy atom. The van der Waals surface area contributed by atoms with Gasteiger partial charge in [-0.05, 0) is 80.8 Å². The maximum Gasteiger partial charge on any atom is 0.293 e. The summed E-state index contributed by atoms with van der Waals surface area (Å²) in [5.74, 6) is -3.08. The molecule has 0 aliphatic heterocycles. The van der Waals surface area contributed by atoms with Gasteiger partial charge in [0.05, 0.1) is 40.7 Å². The van der Waals surface area contributed by atoms with Crippen LogP contribution in [0.3, 0.4) is 0 Å². The van der Waals surface area contributed by atoms with Crippen molar-refractivity contribution in [2.45, 2.75) is 76.0 Å². The van der Waals surface area contributed by atoms with Crippen LogP contribution in [-0.2, 0) is 40.3 Å². The number of hydrogen-bond acceptors (Lipinski definition) is 7. The summed E-state index contributed by atoms with van der Waals surface area (Å²) in [7, 11) is 3.06. The van der Waals surface area contributed by atoms with Crippen molar-refractivity contribution in [3.8, 4) is 23.0 Å². The molecule has 0 bridgehead atoms. The van der Waals surface area contributed by atoms with E-state index in [9.17, 15) is 32.3 Å². The number of fused-ring (bicyclic) bond motifs is 4. The molecule has 2 aromatic carbocycles. The molecule has 3 N–H and O–H groups in total. The fourth-order valence-electron chi connectivity index (χ4n) is 7.83. The minimum Gasteiger partial charge on any atom is -0.384 e. The van der Waals surface area contributed by atoms with Gasteiger partial charge in [0.15, 0.2) is 5.82 Å². The third-order valence-electron chi connectivity index (χ3n) is 10.4. The second-order valence-electron chi connectivity index (χ2n) is 15.1. The number of pyridine rings is 1. The molecule has 310 valence electrons. The number of nitrogens with zero attached hydrogens (tertiary/aromatic N) is 5. The quantitative estimate of drug-likeness (QED) is 0.0875. The summed E-state index contributed by atoms with van der Waals surface area (Å²) in [6, 6.07) is 7.82. The highest BCUT2D eigenvalue weighted by molar-refractivity contribution is 6.37. The highest BCUT2D eigenvalue weighted by atomic mass is 35.5. The Hall–Kier alpha value is -5.44. The molecule has 2 aliphatic rings. The van der Waals surface area contributed by atoms with Crippen molar-refractivity contribution in [2.75, 3.05) is 19.0 Å². The van der Waals surface area contributed by atoms with Gasteiger partial charge in [0, 0.05) is 42.8 Å². The smallest absolute Gasteiger partial charge is 0.293 e. The third-order valence-corrected chi connectivity index (χ3v) is 10.7. The Morgan fingerprint density at radius 3 is 2.41 bits per heavy atom. The van der Waals surface area contributed by atoms with Crippen molar-refractivity contribution in [2.24, 2.45) is 13.0 Å². The van der Waals surface area contributed by atoms with E-state index in [0.717, 1.165) is 12.1 Å². The van der Waals surface area contributed by atoms with E-state index in [1.165, 1.54) is 31.7 Å². The van der Waals surface area contributed by atoms with Crippen molar-refractivity contribution >= 4 is 40.1 Å². The third kappa shape index (κ3) is 8.26. The van der Waals surface area contributed by atoms with E-state index in [1.54, 1.807) is 25.2 Å². The van der Waals surface area contributed by atoms with Crippen LogP contribution in [0.2, 0.25) is 5.02 Å². The molecule has 5 aromatic rings. The molecule has 0 unspecified atom stereocenters. The van der Waals surface area contributed by atoms with Crippen LogP contribution in [0.5, 0.6) is 0 Å². The zero-order valence-corrected chi connectivity index (χ0v) is 32.9. The maximum atomic E-state index is 15.7. The lowest BCUT2D eigenvalue weighted by molar-refractivity contribution is -0.123. The van der Waals surface area contributed by atoms with E-state index in [4.69, 9.17) is 21.3 Å². The summed E-state index contributed by atoms with van der Waals surface area (Å²) in [6.07, 6.45) is -3.04. The number of rotatable bonds is 12. The van der Waals surface area contributed by atoms with Gasteiger partial charge in [-0.1, -0.05) is 23.6 Å². The lowest BCUT2D eigenvalue weighted by atomic mass is 9.73. The van der Waals surface area contributed by atoms with Gasteiger partial charge in [-0.15, -0.1) is 0 Å². The Balaban J connectivity index is 1.37. The Morgan fingerprint density at radius 2 is 1.76 bits per heavy atom. The summed E-state index contributed by atoms with van der Waals surface area (Å²) >= 11 is 6.70. The van der Waals surface area contributed by atoms with Gasteiger partial charge in [-0.25, -0.2) is 22.5 Å². The number of aromatic nitrogens is 5. The first-order valence-electron chi connectivity index (χ1n) is 18.6. The number of halogens is 7. The van der Waals surface area contributed by atoms with Crippen LogP contribution in [0.15, 0.2) is 42.5 Å². The first-order chi connectivity index (χ1) is 27.9. The SMILES string of the molecule is COCCC(=O)Nc1nn(C)c2c(-c3ccc(C#CC(C)(C)O)nc3[C@H](Cc3cc(F)cc(F)c3)NC(=O)Cn3nc(C(F)F)c4c3C(F)(F)[C@@H]3CC[C@H]43)ccc(Cl)c12. The fraction of sp³-hybridized carbons (Fsp3) is 0.390. The minimum atomic E-state index is -3.51. The number of aryl methyl sites for hydroxylation is 1. The topological polar surface area (TPSA) is 136 Å². The second-order valence-corrected chi connectivity index (χ2v) is 15.5. The van der Waals surface area contributed by atoms with Gasteiger partial charge in [0.25, 0.3) is 12.3 Å². The molecule has 0 spiro atoms. The van der Waals surface area contributed by atoms with Crippen LogP contribution in [-0.4, -0.2) is 60.8 Å². The van der Waals surface area contributed by atoms with Crippen molar-refractivity contribution in [1.82, 2.24) is 29.9 Å². The number of amides is 2. The molecule has 0 saturated heterocycles. The monoisotopic (exact) mass is 841 g/mol. The lowest BCUT2D eigenvalue weighted by Gasteiger charge is -2.34. The van der Waals surface area contributed by atoms with Gasteiger partial charge < -0.3 is 20.5 Å². The van der Waals surface area contributed by atoms with Crippen molar-refractivity contribution in [3.05, 3.63) is 93.0 Å². The molecule has 2 aliphatic carbocycles. The van der Waals surface area contributed by atoms with E-state index in [-0.39, 0.29) is 65.6 Å². The normalized spacial score (nSPS) is 17.2. The average Bonchev–Trinajstić information content (AvgIpc) is 3.70. The minimum absolute atomic E-state index is 0.0265. The van der Waals surface area contributed by atoms with Gasteiger partial charge in [0.1, 0.15) is 40.9 Å². The number of anilines is 1. The van der Waals surface area contributed by atoms with Gasteiger partial charge >= 0.3 is 0 Å². The number of aliphatic hydroxyl groups is 1. The number of methoxy groups -OCH3 is 1. The van der Waals surface area contributed by atoms with Crippen LogP contribution < -0.4 is 10.6 Å². The van der Waals surface area contributed by atoms with E-state index in [0.29, 0.717) is 32.8 Å². The molecule has 1 saturated carbocycles. The summed E-state index contributed by atoms with van der Waals surface area (Å²) in [5.41, 5.74) is -1.81. The van der Waals surface area contributed by atoms with Crippen LogP contribution in [0, 0.1) is 29.4 Å². The van der Waals surface area contributed by atoms with Crippen LogP contribution in [0.1, 0.15) is 85.4 Å². The molecule has 11 nitrogen and oxygen atoms in total. The number of hydrogen-bond donors (Lipinski definition) is 3. The number of nitrogens with one attached hydrogen (secondary N) is 2. The first kappa shape index (κ1) is 41.7. The number of carbonyl (C=O) groups excluding carboxylic acids is 2. The number of ether oxygens (including phenoxy) is 1. The molecular formula is C41H38ClF6N7O4. The van der Waals surface area contributed by atoms with E-state index in [2.05, 4.69) is 32.7 Å². The van der Waals surface area contributed by atoms with Gasteiger partial charge in [-0.3, -0.25) is 19.0 Å². The second kappa shape index (κ2) is 16.0. The summed E-state index contributed by atoms with van der Waals surface area (Å²) in [4.78, 5) is 31.5. The molecule has 3 heterocycles. The van der Waals surface area contributed by atoms with Gasteiger partial charge in [0.2, 0.25) is 11.8 Å². The van der Waals surface area contributed by atoms with Gasteiger partial charge in [-0.2, -0.15) is 19.0 Å². The van der Waals surface area contributed by atoms with Crippen molar-refractivity contribution in [3.63, 3.8) is 0 Å². The molecule has 3 atom stereocenters. The molecule has 1 fully saturated rings. The number of benzene rings is 2. The van der Waals surface area contributed by atoms with Crippen molar-refractivity contribution in [1.29, 1.82) is 0 Å². The Kier molecular flexibility index (Phi) is 11.3. The molecule has 3 aromatic heterocycles. The fourth-order valence-corrected chi connectivity index (χ4v) is 8.07. The van der Waals surface area contributed by atoms with Crippen molar-refractivity contribution < 1.29 is 45.8 Å². The van der Waals surface area contributed by atoms with E-state index in [1.807, 2.05) is 0 Å². The highest BCUT2D eigenvalue weighted by Gasteiger charge is 2.62. The molecule has 2 amide bonds. The molecule has 18 heteroatoms. The standard InChI is InChI=1S/C41H38ClF6N7O4/c1-40(2,58)13-11-23-5-6-24(25-8-10-28(42)33-36(25)54(3)53-39(33)51-30(56)12-14-59-4)34(49-23)29(17-20-15-21(43)18-22(44)16-20)50-31(57)19-55-37-32(35(52-55)38(45)46)26-7-9-27(26)41(37,47)48/h5-6,8,10,15-16,18,26-27,29,38,58H,7,9,12,14,17,19H2,1-4H3,(H,50,57)(H,51,53,56)/t26-,27+,29-/m0/s1. The summed E-state index contributed by atoms with van der Waals surface area (Å²) in [5, 5.41) is 24.7. The zero-order chi connectivity index (χ0) is 42.6. The van der Waals surface area contributed by atoms with E-state index >= 15 is 8.78 Å². The van der Waals surface area contributed by atoms with Crippen LogP contribution >= 0.6 is 11.6 Å². The molecule has 7 rings (SSSR count). The highest BCUT2D eigenvalue weighted by Crippen LogP contribution is 2.63. The van der Waals surface area contributed by atoms with Crippen LogP contribution in [0.4, 0.5) is 32.2 Å². The van der Waals surface area contributed by atoms with E-state index < -0.39 is 77.2 Å².